The molecule has 0 saturated carbocycles. The second-order valence-electron chi connectivity index (χ2n) is 4.03. The summed E-state index contributed by atoms with van der Waals surface area (Å²) in [6.45, 7) is 4.17. The Kier molecular flexibility index (Phi) is 3.04. The molecule has 2 N–H and O–H groups in total. The Labute approximate surface area is 101 Å². The molecule has 1 heterocycles. The van der Waals surface area contributed by atoms with E-state index in [-0.39, 0.29) is 0 Å². The Bertz CT molecular complexity index is 531. The second-order valence-corrected chi connectivity index (χ2v) is 4.03. The SMILES string of the molecule is CNc1ncc(-c2cc(C)c(C)cc2OC)[nH]1. The predicted molar refractivity (Wildman–Crippen MR) is 69.6 cm³/mol. The lowest BCUT2D eigenvalue weighted by molar-refractivity contribution is 0.416. The lowest BCUT2D eigenvalue weighted by atomic mass is 10.0. The quantitative estimate of drug-likeness (QED) is 0.854. The molecule has 1 aromatic heterocycles. The first kappa shape index (κ1) is 11.5. The van der Waals surface area contributed by atoms with Crippen LogP contribution in [0.4, 0.5) is 5.95 Å². The summed E-state index contributed by atoms with van der Waals surface area (Å²) < 4.78 is 5.41. The Morgan fingerprint density at radius 2 is 1.94 bits per heavy atom. The third-order valence-corrected chi connectivity index (χ3v) is 2.92. The number of ether oxygens (including phenoxy) is 1. The molecule has 0 spiro atoms. The van der Waals surface area contributed by atoms with Gasteiger partial charge in [-0.05, 0) is 37.1 Å². The van der Waals surface area contributed by atoms with Crippen molar-refractivity contribution >= 4 is 5.95 Å². The van der Waals surface area contributed by atoms with Crippen LogP contribution in [0, 0.1) is 13.8 Å². The number of methoxy groups -OCH3 is 1. The van der Waals surface area contributed by atoms with Crippen molar-refractivity contribution in [1.29, 1.82) is 0 Å². The molecule has 0 bridgehead atoms. The number of H-pyrrole nitrogens is 1. The van der Waals surface area contributed by atoms with Crippen LogP contribution in [-0.4, -0.2) is 24.1 Å². The number of benzene rings is 1. The van der Waals surface area contributed by atoms with Crippen molar-refractivity contribution in [3.8, 4) is 17.0 Å². The molecule has 0 aliphatic rings. The van der Waals surface area contributed by atoms with Crippen molar-refractivity contribution in [2.75, 3.05) is 19.5 Å². The first-order valence-corrected chi connectivity index (χ1v) is 5.54. The highest BCUT2D eigenvalue weighted by molar-refractivity contribution is 5.69. The molecule has 0 radical (unpaired) electrons. The van der Waals surface area contributed by atoms with Gasteiger partial charge in [-0.1, -0.05) is 0 Å². The molecule has 4 nitrogen and oxygen atoms in total. The van der Waals surface area contributed by atoms with Crippen molar-refractivity contribution < 1.29 is 4.74 Å². The van der Waals surface area contributed by atoms with Crippen LogP contribution in [0.25, 0.3) is 11.3 Å². The van der Waals surface area contributed by atoms with Gasteiger partial charge in [-0.2, -0.15) is 0 Å². The van der Waals surface area contributed by atoms with E-state index in [0.29, 0.717) is 0 Å². The van der Waals surface area contributed by atoms with E-state index in [1.54, 1.807) is 13.3 Å². The smallest absolute Gasteiger partial charge is 0.200 e. The average Bonchev–Trinajstić information content (AvgIpc) is 2.80. The minimum absolute atomic E-state index is 0.750. The van der Waals surface area contributed by atoms with Gasteiger partial charge in [-0.15, -0.1) is 0 Å². The second kappa shape index (κ2) is 4.49. The number of aryl methyl sites for hydroxylation is 2. The van der Waals surface area contributed by atoms with Crippen LogP contribution in [0.1, 0.15) is 11.1 Å². The zero-order valence-corrected chi connectivity index (χ0v) is 10.6. The van der Waals surface area contributed by atoms with Crippen LogP contribution in [-0.2, 0) is 0 Å². The van der Waals surface area contributed by atoms with Gasteiger partial charge < -0.3 is 15.0 Å². The Balaban J connectivity index is 2.53. The summed E-state index contributed by atoms with van der Waals surface area (Å²) >= 11 is 0. The molecule has 0 fully saturated rings. The number of anilines is 1. The molecule has 0 aliphatic carbocycles. The van der Waals surface area contributed by atoms with Crippen LogP contribution < -0.4 is 10.1 Å². The predicted octanol–water partition coefficient (Wildman–Crippen LogP) is 2.74. The number of nitrogens with one attached hydrogen (secondary N) is 2. The van der Waals surface area contributed by atoms with Gasteiger partial charge in [-0.25, -0.2) is 4.98 Å². The van der Waals surface area contributed by atoms with Crippen LogP contribution in [0.15, 0.2) is 18.3 Å². The van der Waals surface area contributed by atoms with Crippen LogP contribution in [0.3, 0.4) is 0 Å². The Morgan fingerprint density at radius 3 is 2.53 bits per heavy atom. The third-order valence-electron chi connectivity index (χ3n) is 2.92. The van der Waals surface area contributed by atoms with Gasteiger partial charge in [0, 0.05) is 12.6 Å². The van der Waals surface area contributed by atoms with Crippen LogP contribution >= 0.6 is 0 Å². The maximum atomic E-state index is 5.41. The zero-order chi connectivity index (χ0) is 12.4. The van der Waals surface area contributed by atoms with Crippen LogP contribution in [0.2, 0.25) is 0 Å². The first-order chi connectivity index (χ1) is 8.15. The highest BCUT2D eigenvalue weighted by atomic mass is 16.5. The summed E-state index contributed by atoms with van der Waals surface area (Å²) in [7, 11) is 3.52. The normalized spacial score (nSPS) is 10.4. The van der Waals surface area contributed by atoms with Crippen molar-refractivity contribution in [3.63, 3.8) is 0 Å². The first-order valence-electron chi connectivity index (χ1n) is 5.54. The Hall–Kier alpha value is -1.97. The van der Waals surface area contributed by atoms with Gasteiger partial charge >= 0.3 is 0 Å². The number of rotatable bonds is 3. The number of hydrogen-bond donors (Lipinski definition) is 2. The molecule has 2 rings (SSSR count). The summed E-state index contributed by atoms with van der Waals surface area (Å²) in [5, 5.41) is 2.97. The maximum absolute atomic E-state index is 5.41. The van der Waals surface area contributed by atoms with Gasteiger partial charge in [-0.3, -0.25) is 0 Å². The molecule has 0 atom stereocenters. The summed E-state index contributed by atoms with van der Waals surface area (Å²) in [6, 6.07) is 4.16. The largest absolute Gasteiger partial charge is 0.496 e. The molecule has 2 aromatic rings. The molecular weight excluding hydrogens is 214 g/mol. The minimum Gasteiger partial charge on any atom is -0.496 e. The monoisotopic (exact) mass is 231 g/mol. The fraction of sp³-hybridized carbons (Fsp3) is 0.308. The molecule has 1 aromatic carbocycles. The van der Waals surface area contributed by atoms with E-state index in [1.165, 1.54) is 11.1 Å². The number of aromatic amines is 1. The molecule has 17 heavy (non-hydrogen) atoms. The van der Waals surface area contributed by atoms with Gasteiger partial charge in [0.25, 0.3) is 0 Å². The molecule has 0 aliphatic heterocycles. The van der Waals surface area contributed by atoms with Gasteiger partial charge in [0.15, 0.2) is 5.95 Å². The number of nitrogens with zero attached hydrogens (tertiary/aromatic N) is 1. The van der Waals surface area contributed by atoms with Gasteiger partial charge in [0.1, 0.15) is 5.75 Å². The number of imidazole rings is 1. The van der Waals surface area contributed by atoms with E-state index in [9.17, 15) is 0 Å². The Morgan fingerprint density at radius 1 is 1.24 bits per heavy atom. The molecule has 0 saturated heterocycles. The van der Waals surface area contributed by atoms with Crippen molar-refractivity contribution in [2.24, 2.45) is 0 Å². The average molecular weight is 231 g/mol. The number of aromatic nitrogens is 2. The van der Waals surface area contributed by atoms with E-state index >= 15 is 0 Å². The minimum atomic E-state index is 0.750. The van der Waals surface area contributed by atoms with Gasteiger partial charge in [0.05, 0.1) is 19.0 Å². The van der Waals surface area contributed by atoms with E-state index in [2.05, 4.69) is 35.2 Å². The van der Waals surface area contributed by atoms with Crippen molar-refractivity contribution in [3.05, 3.63) is 29.5 Å². The topological polar surface area (TPSA) is 49.9 Å². The van der Waals surface area contributed by atoms with E-state index in [1.807, 2.05) is 13.1 Å². The van der Waals surface area contributed by atoms with E-state index in [4.69, 9.17) is 4.74 Å². The highest BCUT2D eigenvalue weighted by Crippen LogP contribution is 2.31. The molecule has 4 heteroatoms. The summed E-state index contributed by atoms with van der Waals surface area (Å²) in [5.74, 6) is 1.61. The lowest BCUT2D eigenvalue weighted by Gasteiger charge is -2.10. The van der Waals surface area contributed by atoms with Gasteiger partial charge in [0.2, 0.25) is 0 Å². The fourth-order valence-corrected chi connectivity index (χ4v) is 1.75. The van der Waals surface area contributed by atoms with E-state index in [0.717, 1.165) is 23.0 Å². The molecule has 90 valence electrons. The fourth-order valence-electron chi connectivity index (χ4n) is 1.75. The van der Waals surface area contributed by atoms with Crippen molar-refractivity contribution in [1.82, 2.24) is 9.97 Å². The molecular formula is C13H17N3O. The highest BCUT2D eigenvalue weighted by Gasteiger charge is 2.10. The van der Waals surface area contributed by atoms with E-state index < -0.39 is 0 Å². The summed E-state index contributed by atoms with van der Waals surface area (Å²) in [5.41, 5.74) is 4.44. The third kappa shape index (κ3) is 2.11. The summed E-state index contributed by atoms with van der Waals surface area (Å²) in [4.78, 5) is 7.41. The van der Waals surface area contributed by atoms with Crippen LogP contribution in [0.5, 0.6) is 5.75 Å². The van der Waals surface area contributed by atoms with Crippen molar-refractivity contribution in [2.45, 2.75) is 13.8 Å². The molecule has 0 amide bonds. The number of hydrogen-bond acceptors (Lipinski definition) is 3. The molecule has 0 unspecified atom stereocenters. The lowest BCUT2D eigenvalue weighted by Crippen LogP contribution is -1.92. The zero-order valence-electron chi connectivity index (χ0n) is 10.6. The summed E-state index contributed by atoms with van der Waals surface area (Å²) in [6.07, 6.45) is 1.80. The maximum Gasteiger partial charge on any atom is 0.200 e. The standard InChI is InChI=1S/C13H17N3O/c1-8-5-10(12(17-4)6-9(8)2)11-7-15-13(14-3)16-11/h5-7H,1-4H3,(H2,14,15,16).